The molecule has 0 fully saturated rings. The smallest absolute Gasteiger partial charge is 0.0599 e. The van der Waals surface area contributed by atoms with E-state index in [1.54, 1.807) is 12.4 Å². The van der Waals surface area contributed by atoms with Gasteiger partial charge < -0.3 is 4.98 Å². The summed E-state index contributed by atoms with van der Waals surface area (Å²) in [4.78, 5) is 7.65. The van der Waals surface area contributed by atoms with Gasteiger partial charge in [-0.15, -0.1) is 0 Å². The van der Waals surface area contributed by atoms with Crippen LogP contribution >= 0.6 is 23.2 Å². The maximum absolute atomic E-state index is 6.23. The van der Waals surface area contributed by atoms with Crippen molar-refractivity contribution >= 4 is 23.2 Å². The first-order valence-electron chi connectivity index (χ1n) is 7.86. The van der Waals surface area contributed by atoms with Crippen LogP contribution in [0.3, 0.4) is 0 Å². The predicted molar refractivity (Wildman–Crippen MR) is 105 cm³/mol. The highest BCUT2D eigenvalue weighted by Crippen LogP contribution is 2.37. The van der Waals surface area contributed by atoms with E-state index in [1.807, 2.05) is 48.5 Å². The molecule has 0 aliphatic rings. The lowest BCUT2D eigenvalue weighted by molar-refractivity contribution is 1.33. The van der Waals surface area contributed by atoms with Gasteiger partial charge in [-0.25, -0.2) is 0 Å². The Balaban J connectivity index is 1.92. The number of hydrogen-bond acceptors (Lipinski definition) is 1. The Bertz CT molecular complexity index is 1010. The fourth-order valence-corrected chi connectivity index (χ4v) is 3.16. The molecule has 2 heterocycles. The monoisotopic (exact) mass is 364 g/mol. The van der Waals surface area contributed by atoms with Crippen LogP contribution in [-0.4, -0.2) is 9.97 Å². The second-order valence-electron chi connectivity index (χ2n) is 5.70. The summed E-state index contributed by atoms with van der Waals surface area (Å²) in [6, 6.07) is 22.1. The van der Waals surface area contributed by atoms with Gasteiger partial charge in [0.2, 0.25) is 0 Å². The van der Waals surface area contributed by atoms with Gasteiger partial charge in [-0.3, -0.25) is 4.98 Å². The lowest BCUT2D eigenvalue weighted by atomic mass is 10.0. The van der Waals surface area contributed by atoms with Gasteiger partial charge in [0.1, 0.15) is 0 Å². The molecule has 2 nitrogen and oxygen atoms in total. The van der Waals surface area contributed by atoms with Crippen molar-refractivity contribution in [3.63, 3.8) is 0 Å². The lowest BCUT2D eigenvalue weighted by Gasteiger charge is -2.06. The second-order valence-corrected chi connectivity index (χ2v) is 6.52. The van der Waals surface area contributed by atoms with Gasteiger partial charge in [0.05, 0.1) is 15.7 Å². The SMILES string of the molecule is Clc1ccc(-c2[nH]c(-c3ccccc3)cc2-c2ccncc2)cc1Cl. The zero-order chi connectivity index (χ0) is 17.2. The van der Waals surface area contributed by atoms with Gasteiger partial charge in [-0.2, -0.15) is 0 Å². The number of pyridine rings is 1. The number of aromatic amines is 1. The van der Waals surface area contributed by atoms with Crippen LogP contribution in [0.4, 0.5) is 0 Å². The Morgan fingerprint density at radius 2 is 1.44 bits per heavy atom. The molecule has 0 saturated carbocycles. The third-order valence-electron chi connectivity index (χ3n) is 4.10. The fraction of sp³-hybridized carbons (Fsp3) is 0. The van der Waals surface area contributed by atoms with Gasteiger partial charge in [0.25, 0.3) is 0 Å². The molecule has 0 saturated heterocycles. The molecular formula is C21H14Cl2N2. The largest absolute Gasteiger partial charge is 0.354 e. The number of halogens is 2. The summed E-state index contributed by atoms with van der Waals surface area (Å²) < 4.78 is 0. The summed E-state index contributed by atoms with van der Waals surface area (Å²) in [6.07, 6.45) is 3.59. The average Bonchev–Trinajstić information content (AvgIpc) is 3.11. The molecule has 0 aliphatic carbocycles. The molecular weight excluding hydrogens is 351 g/mol. The minimum atomic E-state index is 0.538. The van der Waals surface area contributed by atoms with E-state index < -0.39 is 0 Å². The number of aromatic nitrogens is 2. The van der Waals surface area contributed by atoms with E-state index >= 15 is 0 Å². The van der Waals surface area contributed by atoms with Crippen LogP contribution in [0.25, 0.3) is 33.6 Å². The zero-order valence-electron chi connectivity index (χ0n) is 13.2. The van der Waals surface area contributed by atoms with Gasteiger partial charge in [-0.1, -0.05) is 59.6 Å². The van der Waals surface area contributed by atoms with Crippen LogP contribution in [0.5, 0.6) is 0 Å². The number of hydrogen-bond donors (Lipinski definition) is 1. The van der Waals surface area contributed by atoms with Crippen LogP contribution in [0, 0.1) is 0 Å². The summed E-state index contributed by atoms with van der Waals surface area (Å²) in [6.45, 7) is 0. The number of nitrogens with one attached hydrogen (secondary N) is 1. The first-order chi connectivity index (χ1) is 12.2. The lowest BCUT2D eigenvalue weighted by Crippen LogP contribution is -1.84. The van der Waals surface area contributed by atoms with Crippen LogP contribution in [-0.2, 0) is 0 Å². The highest BCUT2D eigenvalue weighted by atomic mass is 35.5. The predicted octanol–water partition coefficient (Wildman–Crippen LogP) is 6.72. The molecule has 2 aromatic carbocycles. The second kappa shape index (κ2) is 6.75. The Labute approximate surface area is 156 Å². The minimum Gasteiger partial charge on any atom is -0.354 e. The molecule has 0 amide bonds. The number of benzene rings is 2. The first kappa shape index (κ1) is 15.9. The van der Waals surface area contributed by atoms with Crippen molar-refractivity contribution in [1.82, 2.24) is 9.97 Å². The Morgan fingerprint density at radius 3 is 2.16 bits per heavy atom. The summed E-state index contributed by atoms with van der Waals surface area (Å²) >= 11 is 12.3. The minimum absolute atomic E-state index is 0.538. The molecule has 4 aromatic rings. The van der Waals surface area contributed by atoms with E-state index in [-0.39, 0.29) is 0 Å². The third-order valence-corrected chi connectivity index (χ3v) is 4.84. The standard InChI is InChI=1S/C21H14Cl2N2/c22-18-7-6-16(12-19(18)23)21-17(14-8-10-24-11-9-14)13-20(25-21)15-4-2-1-3-5-15/h1-13,25H. The van der Waals surface area contributed by atoms with Crippen molar-refractivity contribution in [2.45, 2.75) is 0 Å². The fourth-order valence-electron chi connectivity index (χ4n) is 2.87. The van der Waals surface area contributed by atoms with Crippen molar-refractivity contribution in [1.29, 1.82) is 0 Å². The van der Waals surface area contributed by atoms with E-state index in [1.165, 1.54) is 0 Å². The van der Waals surface area contributed by atoms with Crippen LogP contribution in [0.15, 0.2) is 79.1 Å². The maximum atomic E-state index is 6.23. The van der Waals surface area contributed by atoms with E-state index in [4.69, 9.17) is 23.2 Å². The van der Waals surface area contributed by atoms with Crippen molar-refractivity contribution in [2.24, 2.45) is 0 Å². The van der Waals surface area contributed by atoms with Crippen molar-refractivity contribution < 1.29 is 0 Å². The van der Waals surface area contributed by atoms with Crippen molar-refractivity contribution in [3.05, 3.63) is 89.2 Å². The average molecular weight is 365 g/mol. The van der Waals surface area contributed by atoms with E-state index in [9.17, 15) is 0 Å². The van der Waals surface area contributed by atoms with Gasteiger partial charge in [-0.05, 0) is 41.5 Å². The van der Waals surface area contributed by atoms with Crippen LogP contribution in [0.1, 0.15) is 0 Å². The Hall–Kier alpha value is -2.55. The van der Waals surface area contributed by atoms with E-state index in [0.29, 0.717) is 10.0 Å². The molecule has 0 radical (unpaired) electrons. The molecule has 0 spiro atoms. The Morgan fingerprint density at radius 1 is 0.680 bits per heavy atom. The quantitative estimate of drug-likeness (QED) is 0.429. The molecule has 0 unspecified atom stereocenters. The van der Waals surface area contributed by atoms with Crippen molar-refractivity contribution in [2.75, 3.05) is 0 Å². The number of H-pyrrole nitrogens is 1. The molecule has 4 rings (SSSR count). The van der Waals surface area contributed by atoms with E-state index in [2.05, 4.69) is 28.2 Å². The highest BCUT2D eigenvalue weighted by molar-refractivity contribution is 6.42. The molecule has 0 atom stereocenters. The topological polar surface area (TPSA) is 28.7 Å². The number of rotatable bonds is 3. The zero-order valence-corrected chi connectivity index (χ0v) is 14.7. The Kier molecular flexibility index (Phi) is 4.31. The molecule has 0 bridgehead atoms. The van der Waals surface area contributed by atoms with Gasteiger partial charge >= 0.3 is 0 Å². The van der Waals surface area contributed by atoms with Gasteiger partial charge in [0, 0.05) is 29.2 Å². The molecule has 122 valence electrons. The molecule has 2 aromatic heterocycles. The van der Waals surface area contributed by atoms with E-state index in [0.717, 1.165) is 33.6 Å². The molecule has 1 N–H and O–H groups in total. The maximum Gasteiger partial charge on any atom is 0.0599 e. The van der Waals surface area contributed by atoms with Crippen LogP contribution in [0.2, 0.25) is 10.0 Å². The molecule has 25 heavy (non-hydrogen) atoms. The third kappa shape index (κ3) is 3.19. The summed E-state index contributed by atoms with van der Waals surface area (Å²) in [5, 5.41) is 1.08. The summed E-state index contributed by atoms with van der Waals surface area (Å²) in [7, 11) is 0. The summed E-state index contributed by atoms with van der Waals surface area (Å²) in [5.74, 6) is 0. The molecule has 4 heteroatoms. The first-order valence-corrected chi connectivity index (χ1v) is 8.62. The highest BCUT2D eigenvalue weighted by Gasteiger charge is 2.14. The summed E-state index contributed by atoms with van der Waals surface area (Å²) in [5.41, 5.74) is 6.36. The van der Waals surface area contributed by atoms with Crippen molar-refractivity contribution in [3.8, 4) is 33.6 Å². The van der Waals surface area contributed by atoms with Gasteiger partial charge in [0.15, 0.2) is 0 Å². The normalized spacial score (nSPS) is 10.8. The van der Waals surface area contributed by atoms with Crippen LogP contribution < -0.4 is 0 Å². The number of nitrogens with zero attached hydrogens (tertiary/aromatic N) is 1. The molecule has 0 aliphatic heterocycles.